The van der Waals surface area contributed by atoms with E-state index in [-0.39, 0.29) is 11.9 Å². The Kier molecular flexibility index (Phi) is 7.50. The van der Waals surface area contributed by atoms with Gasteiger partial charge in [0.1, 0.15) is 0 Å². The van der Waals surface area contributed by atoms with E-state index in [0.717, 1.165) is 19.4 Å². The van der Waals surface area contributed by atoms with Crippen molar-refractivity contribution in [2.75, 3.05) is 6.54 Å². The molecule has 3 heteroatoms. The lowest BCUT2D eigenvalue weighted by Gasteiger charge is -2.15. The Morgan fingerprint density at radius 3 is 2.04 bits per heavy atom. The Morgan fingerprint density at radius 1 is 0.917 bits per heavy atom. The molecule has 0 unspecified atom stereocenters. The lowest BCUT2D eigenvalue weighted by Crippen LogP contribution is -2.90. The molecule has 0 bridgehead atoms. The molecule has 2 rings (SSSR count). The maximum absolute atomic E-state index is 12.1. The van der Waals surface area contributed by atoms with Gasteiger partial charge in [-0.15, -0.1) is 0 Å². The fourth-order valence-corrected chi connectivity index (χ4v) is 2.93. The number of carbonyl (C=O) groups excluding carboxylic acids is 1. The van der Waals surface area contributed by atoms with E-state index < -0.39 is 0 Å². The summed E-state index contributed by atoms with van der Waals surface area (Å²) in [7, 11) is 0. The predicted molar refractivity (Wildman–Crippen MR) is 98.8 cm³/mol. The molecule has 2 aromatic carbocycles. The molecule has 0 aromatic heterocycles. The fraction of sp³-hybridized carbons (Fsp3) is 0.381. The van der Waals surface area contributed by atoms with Crippen LogP contribution >= 0.6 is 0 Å². The third-order valence-electron chi connectivity index (χ3n) is 4.13. The summed E-state index contributed by atoms with van der Waals surface area (Å²) >= 11 is 0. The van der Waals surface area contributed by atoms with Crippen LogP contribution in [0.5, 0.6) is 0 Å². The van der Waals surface area contributed by atoms with Crippen molar-refractivity contribution in [2.24, 2.45) is 0 Å². The zero-order chi connectivity index (χ0) is 17.2. The van der Waals surface area contributed by atoms with Gasteiger partial charge in [0, 0.05) is 12.5 Å². The van der Waals surface area contributed by atoms with Crippen LogP contribution in [0.1, 0.15) is 31.4 Å². The number of nitrogens with two attached hydrogens (primary N) is 1. The monoisotopic (exact) mass is 325 g/mol. The molecular formula is C21H29N2O+. The van der Waals surface area contributed by atoms with Crippen molar-refractivity contribution in [3.63, 3.8) is 0 Å². The number of quaternary nitrogens is 1. The molecule has 3 nitrogen and oxygen atoms in total. The third-order valence-corrected chi connectivity index (χ3v) is 4.13. The normalized spacial score (nSPS) is 13.2. The molecular weight excluding hydrogens is 296 g/mol. The van der Waals surface area contributed by atoms with Crippen LogP contribution in [-0.4, -0.2) is 24.5 Å². The lowest BCUT2D eigenvalue weighted by molar-refractivity contribution is -0.684. The van der Waals surface area contributed by atoms with Gasteiger partial charge in [-0.05, 0) is 31.4 Å². The number of carbonyl (C=O) groups is 1. The van der Waals surface area contributed by atoms with Crippen molar-refractivity contribution in [3.8, 4) is 0 Å². The second kappa shape index (κ2) is 9.89. The van der Waals surface area contributed by atoms with E-state index in [1.165, 1.54) is 11.1 Å². The van der Waals surface area contributed by atoms with Gasteiger partial charge in [0.2, 0.25) is 5.91 Å². The molecule has 0 heterocycles. The highest BCUT2D eigenvalue weighted by molar-refractivity contribution is 5.76. The van der Waals surface area contributed by atoms with E-state index in [0.29, 0.717) is 12.5 Å². The first-order valence-electron chi connectivity index (χ1n) is 8.84. The first-order valence-corrected chi connectivity index (χ1v) is 8.84. The highest BCUT2D eigenvalue weighted by Gasteiger charge is 2.11. The zero-order valence-corrected chi connectivity index (χ0v) is 14.7. The minimum absolute atomic E-state index is 0.140. The smallest absolute Gasteiger partial charge is 0.225 e. The third kappa shape index (κ3) is 6.97. The molecule has 1 amide bonds. The molecule has 2 aromatic rings. The highest BCUT2D eigenvalue weighted by Crippen LogP contribution is 2.03. The minimum atomic E-state index is 0.140. The summed E-state index contributed by atoms with van der Waals surface area (Å²) in [6.45, 7) is 5.10. The Labute approximate surface area is 145 Å². The Bertz CT molecular complexity index is 598. The second-order valence-electron chi connectivity index (χ2n) is 6.60. The average molecular weight is 325 g/mol. The summed E-state index contributed by atoms with van der Waals surface area (Å²) in [4.78, 5) is 12.1. The summed E-state index contributed by atoms with van der Waals surface area (Å²) < 4.78 is 0. The molecule has 0 saturated carbocycles. The van der Waals surface area contributed by atoms with Crippen LogP contribution < -0.4 is 10.6 Å². The van der Waals surface area contributed by atoms with Gasteiger partial charge in [0.05, 0.1) is 19.0 Å². The van der Waals surface area contributed by atoms with Crippen LogP contribution in [0, 0.1) is 0 Å². The zero-order valence-electron chi connectivity index (χ0n) is 14.7. The number of hydrogen-bond acceptors (Lipinski definition) is 1. The summed E-state index contributed by atoms with van der Waals surface area (Å²) in [6.07, 6.45) is 2.48. The van der Waals surface area contributed by atoms with E-state index in [2.05, 4.69) is 60.9 Å². The molecule has 0 saturated heterocycles. The van der Waals surface area contributed by atoms with E-state index in [1.54, 1.807) is 0 Å². The molecule has 0 spiro atoms. The average Bonchev–Trinajstić information content (AvgIpc) is 2.56. The predicted octanol–water partition coefficient (Wildman–Crippen LogP) is 2.32. The van der Waals surface area contributed by atoms with Crippen LogP contribution in [0.2, 0.25) is 0 Å². The van der Waals surface area contributed by atoms with Crippen molar-refractivity contribution in [1.29, 1.82) is 0 Å². The van der Waals surface area contributed by atoms with E-state index in [9.17, 15) is 4.79 Å². The number of nitrogens with one attached hydrogen (secondary N) is 1. The van der Waals surface area contributed by atoms with Gasteiger partial charge in [0.25, 0.3) is 0 Å². The number of benzene rings is 2. The summed E-state index contributed by atoms with van der Waals surface area (Å²) in [6, 6.07) is 21.4. The van der Waals surface area contributed by atoms with Gasteiger partial charge < -0.3 is 10.6 Å². The maximum Gasteiger partial charge on any atom is 0.225 e. The van der Waals surface area contributed by atoms with Gasteiger partial charge >= 0.3 is 0 Å². The van der Waals surface area contributed by atoms with E-state index >= 15 is 0 Å². The highest BCUT2D eigenvalue weighted by atomic mass is 16.1. The SMILES string of the molecule is C[C@@H](Cc1ccccc1)NC(=O)CC[NH2+][C@@H](C)Cc1ccccc1. The quantitative estimate of drug-likeness (QED) is 0.730. The molecule has 128 valence electrons. The Morgan fingerprint density at radius 2 is 1.46 bits per heavy atom. The van der Waals surface area contributed by atoms with Crippen LogP contribution in [0.15, 0.2) is 60.7 Å². The first-order chi connectivity index (χ1) is 11.6. The van der Waals surface area contributed by atoms with Gasteiger partial charge in [-0.3, -0.25) is 4.79 Å². The van der Waals surface area contributed by atoms with Crippen LogP contribution in [0.3, 0.4) is 0 Å². The van der Waals surface area contributed by atoms with Crippen molar-refractivity contribution >= 4 is 5.91 Å². The van der Waals surface area contributed by atoms with Crippen LogP contribution in [-0.2, 0) is 17.6 Å². The van der Waals surface area contributed by atoms with Crippen molar-refractivity contribution in [2.45, 2.75) is 45.2 Å². The van der Waals surface area contributed by atoms with Crippen molar-refractivity contribution < 1.29 is 10.1 Å². The molecule has 0 aliphatic rings. The van der Waals surface area contributed by atoms with Crippen LogP contribution in [0.4, 0.5) is 0 Å². The molecule has 2 atom stereocenters. The Balaban J connectivity index is 1.62. The molecule has 0 fully saturated rings. The van der Waals surface area contributed by atoms with Gasteiger partial charge in [-0.2, -0.15) is 0 Å². The van der Waals surface area contributed by atoms with Gasteiger partial charge in [-0.25, -0.2) is 0 Å². The van der Waals surface area contributed by atoms with E-state index in [1.807, 2.05) is 24.3 Å². The van der Waals surface area contributed by atoms with Crippen LogP contribution in [0.25, 0.3) is 0 Å². The minimum Gasteiger partial charge on any atom is -0.353 e. The van der Waals surface area contributed by atoms with Crippen molar-refractivity contribution in [1.82, 2.24) is 5.32 Å². The molecule has 0 aliphatic carbocycles. The standard InChI is InChI=1S/C21H28N2O/c1-17(15-19-9-5-3-6-10-19)22-14-13-21(24)23-18(2)16-20-11-7-4-8-12-20/h3-12,17-18,22H,13-16H2,1-2H3,(H,23,24)/p+1/t17-,18-/m0/s1. The number of rotatable bonds is 9. The number of hydrogen-bond donors (Lipinski definition) is 2. The van der Waals surface area contributed by atoms with Gasteiger partial charge in [-0.1, -0.05) is 60.7 Å². The summed E-state index contributed by atoms with van der Waals surface area (Å²) in [5, 5.41) is 5.35. The van der Waals surface area contributed by atoms with Gasteiger partial charge in [0.15, 0.2) is 0 Å². The van der Waals surface area contributed by atoms with Crippen molar-refractivity contribution in [3.05, 3.63) is 71.8 Å². The number of amides is 1. The molecule has 0 aliphatic heterocycles. The summed E-state index contributed by atoms with van der Waals surface area (Å²) in [5.74, 6) is 0.140. The summed E-state index contributed by atoms with van der Waals surface area (Å²) in [5.41, 5.74) is 2.61. The lowest BCUT2D eigenvalue weighted by atomic mass is 10.1. The topological polar surface area (TPSA) is 45.7 Å². The first kappa shape index (κ1) is 18.2. The van der Waals surface area contributed by atoms with E-state index in [4.69, 9.17) is 0 Å². The maximum atomic E-state index is 12.1. The second-order valence-corrected chi connectivity index (χ2v) is 6.60. The Hall–Kier alpha value is -2.13. The molecule has 24 heavy (non-hydrogen) atoms. The molecule has 3 N–H and O–H groups in total. The molecule has 0 radical (unpaired) electrons. The fourth-order valence-electron chi connectivity index (χ4n) is 2.93. The largest absolute Gasteiger partial charge is 0.353 e.